The molecule has 0 spiro atoms. The fraction of sp³-hybridized carbons (Fsp3) is 0.727. The van der Waals surface area contributed by atoms with Crippen LogP contribution < -0.4 is 5.32 Å². The number of aryl methyl sites for hydroxylation is 1. The second-order valence-corrected chi connectivity index (χ2v) is 3.67. The van der Waals surface area contributed by atoms with Crippen LogP contribution in [-0.4, -0.2) is 22.1 Å². The van der Waals surface area contributed by atoms with Gasteiger partial charge < -0.3 is 9.88 Å². The van der Waals surface area contributed by atoms with Gasteiger partial charge in [0.2, 0.25) is 0 Å². The largest absolute Gasteiger partial charge is 0.334 e. The van der Waals surface area contributed by atoms with Crippen molar-refractivity contribution in [1.29, 1.82) is 0 Å². The van der Waals surface area contributed by atoms with Crippen LogP contribution >= 0.6 is 0 Å². The topological polar surface area (TPSA) is 29.9 Å². The highest BCUT2D eigenvalue weighted by molar-refractivity contribution is 4.89. The Bertz CT molecular complexity index is 249. The summed E-state index contributed by atoms with van der Waals surface area (Å²) < 4.78 is 2.21. The van der Waals surface area contributed by atoms with Crippen molar-refractivity contribution in [3.63, 3.8) is 0 Å². The van der Waals surface area contributed by atoms with Gasteiger partial charge in [-0.1, -0.05) is 20.3 Å². The summed E-state index contributed by atoms with van der Waals surface area (Å²) in [6.07, 6.45) is 6.37. The molecule has 0 aromatic carbocycles. The van der Waals surface area contributed by atoms with E-state index < -0.39 is 0 Å². The third kappa shape index (κ3) is 3.14. The number of imidazole rings is 1. The van der Waals surface area contributed by atoms with Gasteiger partial charge >= 0.3 is 0 Å². The highest BCUT2D eigenvalue weighted by atomic mass is 15.1. The van der Waals surface area contributed by atoms with E-state index in [1.165, 1.54) is 12.8 Å². The molecule has 3 nitrogen and oxygen atoms in total. The van der Waals surface area contributed by atoms with E-state index in [2.05, 4.69) is 41.8 Å². The maximum atomic E-state index is 4.23. The smallest absolute Gasteiger partial charge is 0.105 e. The number of rotatable bonds is 6. The van der Waals surface area contributed by atoms with Crippen LogP contribution in [0.15, 0.2) is 12.4 Å². The first kappa shape index (κ1) is 11.2. The minimum absolute atomic E-state index is 0.581. The van der Waals surface area contributed by atoms with Crippen molar-refractivity contribution < 1.29 is 0 Å². The molecule has 0 saturated carbocycles. The minimum Gasteiger partial charge on any atom is -0.334 e. The van der Waals surface area contributed by atoms with Crippen LogP contribution in [0.4, 0.5) is 0 Å². The summed E-state index contributed by atoms with van der Waals surface area (Å²) in [5, 5.41) is 3.50. The van der Waals surface area contributed by atoms with Gasteiger partial charge in [0.05, 0.1) is 0 Å². The molecule has 0 amide bonds. The van der Waals surface area contributed by atoms with E-state index in [9.17, 15) is 0 Å². The number of nitrogens with zero attached hydrogens (tertiary/aromatic N) is 2. The molecule has 3 heteroatoms. The zero-order valence-electron chi connectivity index (χ0n) is 9.45. The van der Waals surface area contributed by atoms with E-state index >= 15 is 0 Å². The lowest BCUT2D eigenvalue weighted by atomic mass is 10.1. The van der Waals surface area contributed by atoms with Gasteiger partial charge in [0.1, 0.15) is 5.82 Å². The summed E-state index contributed by atoms with van der Waals surface area (Å²) in [6, 6.07) is 0.581. The highest BCUT2D eigenvalue weighted by Crippen LogP contribution is 2.03. The second-order valence-electron chi connectivity index (χ2n) is 3.67. The Morgan fingerprint density at radius 2 is 2.29 bits per heavy atom. The molecule has 0 saturated heterocycles. The van der Waals surface area contributed by atoms with Crippen molar-refractivity contribution in [3.05, 3.63) is 18.2 Å². The van der Waals surface area contributed by atoms with E-state index in [0.717, 1.165) is 18.9 Å². The van der Waals surface area contributed by atoms with Crippen molar-refractivity contribution in [1.82, 2.24) is 14.9 Å². The molecule has 0 aliphatic carbocycles. The molecular weight excluding hydrogens is 174 g/mol. The van der Waals surface area contributed by atoms with E-state index in [1.807, 2.05) is 6.20 Å². The van der Waals surface area contributed by atoms with E-state index in [0.29, 0.717) is 6.04 Å². The Hall–Kier alpha value is -0.830. The monoisotopic (exact) mass is 195 g/mol. The fourth-order valence-electron chi connectivity index (χ4n) is 1.73. The average Bonchev–Trinajstić information content (AvgIpc) is 2.53. The molecule has 1 rings (SSSR count). The quantitative estimate of drug-likeness (QED) is 0.752. The van der Waals surface area contributed by atoms with Gasteiger partial charge in [0.15, 0.2) is 0 Å². The van der Waals surface area contributed by atoms with Gasteiger partial charge in [0.25, 0.3) is 0 Å². The Morgan fingerprint density at radius 1 is 1.50 bits per heavy atom. The highest BCUT2D eigenvalue weighted by Gasteiger charge is 2.07. The molecular formula is C11H21N3. The molecule has 0 aliphatic rings. The molecule has 1 N–H and O–H groups in total. The Morgan fingerprint density at radius 3 is 2.79 bits per heavy atom. The Labute approximate surface area is 86.5 Å². The van der Waals surface area contributed by atoms with Crippen molar-refractivity contribution in [3.8, 4) is 0 Å². The van der Waals surface area contributed by atoms with Crippen LogP contribution in [0.25, 0.3) is 0 Å². The van der Waals surface area contributed by atoms with Gasteiger partial charge in [-0.05, 0) is 19.9 Å². The molecule has 80 valence electrons. The predicted molar refractivity (Wildman–Crippen MR) is 59.3 cm³/mol. The van der Waals surface area contributed by atoms with E-state index in [-0.39, 0.29) is 0 Å². The molecule has 1 aromatic heterocycles. The summed E-state index contributed by atoms with van der Waals surface area (Å²) in [5.74, 6) is 1.10. The maximum Gasteiger partial charge on any atom is 0.105 e. The van der Waals surface area contributed by atoms with E-state index in [4.69, 9.17) is 0 Å². The lowest BCUT2D eigenvalue weighted by Crippen LogP contribution is -2.33. The maximum absolute atomic E-state index is 4.23. The van der Waals surface area contributed by atoms with Gasteiger partial charge in [-0.25, -0.2) is 4.98 Å². The molecule has 1 atom stereocenters. The third-order valence-electron chi connectivity index (χ3n) is 2.47. The summed E-state index contributed by atoms with van der Waals surface area (Å²) in [4.78, 5) is 4.23. The SMILES string of the molecule is CCCC(Cn1ccnc1C)NCC. The molecule has 0 fully saturated rings. The van der Waals surface area contributed by atoms with Gasteiger partial charge in [-0.3, -0.25) is 0 Å². The lowest BCUT2D eigenvalue weighted by molar-refractivity contribution is 0.425. The Kier molecular flexibility index (Phi) is 4.66. The van der Waals surface area contributed by atoms with Crippen molar-refractivity contribution in [2.45, 2.75) is 46.2 Å². The van der Waals surface area contributed by atoms with Crippen LogP contribution in [0.5, 0.6) is 0 Å². The van der Waals surface area contributed by atoms with E-state index in [1.54, 1.807) is 0 Å². The molecule has 1 unspecified atom stereocenters. The minimum atomic E-state index is 0.581. The molecule has 1 aromatic rings. The first-order valence-corrected chi connectivity index (χ1v) is 5.49. The van der Waals surface area contributed by atoms with Gasteiger partial charge in [-0.2, -0.15) is 0 Å². The summed E-state index contributed by atoms with van der Waals surface area (Å²) >= 11 is 0. The number of likely N-dealkylation sites (N-methyl/N-ethyl adjacent to an activating group) is 1. The van der Waals surface area contributed by atoms with Crippen molar-refractivity contribution in [2.75, 3.05) is 6.54 Å². The zero-order valence-corrected chi connectivity index (χ0v) is 9.45. The molecule has 14 heavy (non-hydrogen) atoms. The number of hydrogen-bond acceptors (Lipinski definition) is 2. The molecule has 0 radical (unpaired) electrons. The predicted octanol–water partition coefficient (Wildman–Crippen LogP) is 1.97. The number of aromatic nitrogens is 2. The standard InChI is InChI=1S/C11H21N3/c1-4-6-11(12-5-2)9-14-8-7-13-10(14)3/h7-8,11-12H,4-6,9H2,1-3H3. The lowest BCUT2D eigenvalue weighted by Gasteiger charge is -2.18. The number of hydrogen-bond donors (Lipinski definition) is 1. The van der Waals surface area contributed by atoms with Crippen LogP contribution in [0, 0.1) is 6.92 Å². The molecule has 1 heterocycles. The van der Waals surface area contributed by atoms with Gasteiger partial charge in [0, 0.05) is 25.0 Å². The summed E-state index contributed by atoms with van der Waals surface area (Å²) in [7, 11) is 0. The first-order chi connectivity index (χ1) is 6.77. The summed E-state index contributed by atoms with van der Waals surface area (Å²) in [5.41, 5.74) is 0. The van der Waals surface area contributed by atoms with Crippen LogP contribution in [-0.2, 0) is 6.54 Å². The van der Waals surface area contributed by atoms with Crippen LogP contribution in [0.1, 0.15) is 32.5 Å². The summed E-state index contributed by atoms with van der Waals surface area (Å²) in [6.45, 7) is 8.51. The van der Waals surface area contributed by atoms with Crippen LogP contribution in [0.2, 0.25) is 0 Å². The first-order valence-electron chi connectivity index (χ1n) is 5.49. The van der Waals surface area contributed by atoms with Crippen molar-refractivity contribution in [2.24, 2.45) is 0 Å². The fourth-order valence-corrected chi connectivity index (χ4v) is 1.73. The van der Waals surface area contributed by atoms with Crippen LogP contribution in [0.3, 0.4) is 0 Å². The molecule has 0 bridgehead atoms. The zero-order chi connectivity index (χ0) is 10.4. The molecule has 0 aliphatic heterocycles. The van der Waals surface area contributed by atoms with Gasteiger partial charge in [-0.15, -0.1) is 0 Å². The Balaban J connectivity index is 2.50. The van der Waals surface area contributed by atoms with Crippen molar-refractivity contribution >= 4 is 0 Å². The number of nitrogens with one attached hydrogen (secondary N) is 1. The normalized spacial score (nSPS) is 13.1. The average molecular weight is 195 g/mol. The third-order valence-corrected chi connectivity index (χ3v) is 2.47. The second kappa shape index (κ2) is 5.81.